The number of hydrogen-bond acceptors (Lipinski definition) is 1. The van der Waals surface area contributed by atoms with Crippen LogP contribution in [0.1, 0.15) is 0 Å². The highest BCUT2D eigenvalue weighted by atomic mass is 35.5. The van der Waals surface area contributed by atoms with Crippen molar-refractivity contribution in [2.75, 3.05) is 0 Å². The van der Waals surface area contributed by atoms with Gasteiger partial charge in [0.05, 0.1) is 11.0 Å². The van der Waals surface area contributed by atoms with Crippen LogP contribution in [0.4, 0.5) is 0 Å². The van der Waals surface area contributed by atoms with Crippen LogP contribution in [-0.2, 0) is 0 Å². The second-order valence-electron chi connectivity index (χ2n) is 8.73. The lowest BCUT2D eigenvalue weighted by Crippen LogP contribution is -1.93. The van der Waals surface area contributed by atoms with Crippen LogP contribution in [-0.4, -0.2) is 4.57 Å². The molecule has 0 fully saturated rings. The number of fused-ring (bicyclic) bond motifs is 4. The highest BCUT2D eigenvalue weighted by molar-refractivity contribution is 6.30. The smallest absolute Gasteiger partial charge is 0.143 e. The van der Waals surface area contributed by atoms with E-state index in [2.05, 4.69) is 95.6 Å². The lowest BCUT2D eigenvalue weighted by Gasteiger charge is -2.09. The fraction of sp³-hybridized carbons (Fsp3) is 0. The minimum absolute atomic E-state index is 0.721. The first-order valence-corrected chi connectivity index (χ1v) is 12.0. The van der Waals surface area contributed by atoms with Crippen LogP contribution in [0.2, 0.25) is 5.02 Å². The summed E-state index contributed by atoms with van der Waals surface area (Å²) in [4.78, 5) is 0. The highest BCUT2D eigenvalue weighted by Crippen LogP contribution is 2.41. The summed E-state index contributed by atoms with van der Waals surface area (Å²) in [6, 6.07) is 41.9. The van der Waals surface area contributed by atoms with Gasteiger partial charge in [-0.05, 0) is 60.2 Å². The van der Waals surface area contributed by atoms with E-state index in [1.54, 1.807) is 0 Å². The molecule has 0 saturated carbocycles. The van der Waals surface area contributed by atoms with E-state index in [1.165, 1.54) is 21.8 Å². The summed E-state index contributed by atoms with van der Waals surface area (Å²) in [5.41, 5.74) is 7.60. The summed E-state index contributed by atoms with van der Waals surface area (Å²) in [5.74, 6) is 0.863. The van der Waals surface area contributed by atoms with E-state index in [-0.39, 0.29) is 0 Å². The average Bonchev–Trinajstić information content (AvgIpc) is 3.46. The quantitative estimate of drug-likeness (QED) is 0.252. The molecular weight excluding hydrogens is 450 g/mol. The van der Waals surface area contributed by atoms with E-state index in [4.69, 9.17) is 16.0 Å². The maximum absolute atomic E-state index is 6.40. The zero-order valence-electron chi connectivity index (χ0n) is 18.8. The number of rotatable bonds is 3. The van der Waals surface area contributed by atoms with E-state index in [0.717, 1.165) is 44.1 Å². The minimum atomic E-state index is 0.721. The van der Waals surface area contributed by atoms with Crippen molar-refractivity contribution >= 4 is 44.4 Å². The molecule has 0 aliphatic rings. The van der Waals surface area contributed by atoms with Gasteiger partial charge in [-0.1, -0.05) is 78.3 Å². The number of halogens is 1. The van der Waals surface area contributed by atoms with Gasteiger partial charge in [0.1, 0.15) is 11.3 Å². The van der Waals surface area contributed by atoms with Gasteiger partial charge in [-0.3, -0.25) is 0 Å². The number of benzene rings is 5. The van der Waals surface area contributed by atoms with Crippen LogP contribution in [0.3, 0.4) is 0 Å². The molecule has 166 valence electrons. The number of nitrogens with zero attached hydrogens (tertiary/aromatic N) is 1. The zero-order valence-corrected chi connectivity index (χ0v) is 19.5. The lowest BCUT2D eigenvalue weighted by atomic mass is 9.98. The maximum Gasteiger partial charge on any atom is 0.143 e. The molecule has 7 rings (SSSR count). The van der Waals surface area contributed by atoms with Gasteiger partial charge in [-0.2, -0.15) is 0 Å². The third kappa shape index (κ3) is 3.18. The average molecular weight is 470 g/mol. The van der Waals surface area contributed by atoms with Gasteiger partial charge in [-0.15, -0.1) is 0 Å². The summed E-state index contributed by atoms with van der Waals surface area (Å²) < 4.78 is 8.73. The molecule has 35 heavy (non-hydrogen) atoms. The Bertz CT molecular complexity index is 1790. The van der Waals surface area contributed by atoms with Crippen molar-refractivity contribution in [3.05, 3.63) is 126 Å². The minimum Gasteiger partial charge on any atom is -0.455 e. The molecule has 0 N–H and O–H groups in total. The van der Waals surface area contributed by atoms with Crippen LogP contribution in [0, 0.1) is 0 Å². The topological polar surface area (TPSA) is 18.1 Å². The Balaban J connectivity index is 1.41. The molecule has 0 unspecified atom stereocenters. The summed E-state index contributed by atoms with van der Waals surface area (Å²) in [6.45, 7) is 0. The van der Waals surface area contributed by atoms with Crippen molar-refractivity contribution in [2.45, 2.75) is 0 Å². The fourth-order valence-electron chi connectivity index (χ4n) is 5.11. The van der Waals surface area contributed by atoms with Crippen LogP contribution in [0.15, 0.2) is 126 Å². The van der Waals surface area contributed by atoms with Crippen LogP contribution in [0.5, 0.6) is 0 Å². The molecule has 0 bridgehead atoms. The van der Waals surface area contributed by atoms with Gasteiger partial charge < -0.3 is 8.98 Å². The van der Waals surface area contributed by atoms with E-state index in [1.807, 2.05) is 30.3 Å². The molecule has 0 radical (unpaired) electrons. The Kier molecular flexibility index (Phi) is 4.54. The molecule has 3 heteroatoms. The molecule has 2 aromatic heterocycles. The first kappa shape index (κ1) is 20.1. The first-order chi connectivity index (χ1) is 17.3. The van der Waals surface area contributed by atoms with Gasteiger partial charge in [0, 0.05) is 38.0 Å². The predicted octanol–water partition coefficient (Wildman–Crippen LogP) is 9.52. The third-order valence-electron chi connectivity index (χ3n) is 6.70. The summed E-state index contributed by atoms with van der Waals surface area (Å²) in [5, 5.41) is 4.33. The zero-order chi connectivity index (χ0) is 23.4. The van der Waals surface area contributed by atoms with Crippen molar-refractivity contribution in [1.29, 1.82) is 0 Å². The second kappa shape index (κ2) is 7.90. The Morgan fingerprint density at radius 3 is 1.71 bits per heavy atom. The molecule has 0 saturated heterocycles. The lowest BCUT2D eigenvalue weighted by molar-refractivity contribution is 0.632. The van der Waals surface area contributed by atoms with Crippen LogP contribution in [0.25, 0.3) is 60.9 Å². The Morgan fingerprint density at radius 1 is 0.514 bits per heavy atom. The van der Waals surface area contributed by atoms with Crippen molar-refractivity contribution in [2.24, 2.45) is 0 Å². The van der Waals surface area contributed by atoms with Gasteiger partial charge >= 0.3 is 0 Å². The first-order valence-electron chi connectivity index (χ1n) is 11.6. The molecule has 0 aliphatic heterocycles. The normalized spacial score (nSPS) is 11.6. The molecule has 2 heterocycles. The molecular formula is C32H20ClNO. The second-order valence-corrected chi connectivity index (χ2v) is 9.16. The van der Waals surface area contributed by atoms with Gasteiger partial charge in [0.15, 0.2) is 0 Å². The Labute approximate surface area is 207 Å². The van der Waals surface area contributed by atoms with E-state index in [9.17, 15) is 0 Å². The summed E-state index contributed by atoms with van der Waals surface area (Å²) in [6.07, 6.45) is 0. The number of aromatic nitrogens is 1. The summed E-state index contributed by atoms with van der Waals surface area (Å²) in [7, 11) is 0. The maximum atomic E-state index is 6.40. The largest absolute Gasteiger partial charge is 0.455 e. The van der Waals surface area contributed by atoms with E-state index in [0.29, 0.717) is 0 Å². The van der Waals surface area contributed by atoms with E-state index < -0.39 is 0 Å². The molecule has 0 amide bonds. The number of hydrogen-bond donors (Lipinski definition) is 0. The Hall–Kier alpha value is -4.27. The van der Waals surface area contributed by atoms with Gasteiger partial charge in [0.25, 0.3) is 0 Å². The van der Waals surface area contributed by atoms with Gasteiger partial charge in [-0.25, -0.2) is 0 Å². The van der Waals surface area contributed by atoms with Crippen molar-refractivity contribution in [1.82, 2.24) is 4.57 Å². The van der Waals surface area contributed by atoms with Crippen molar-refractivity contribution in [3.8, 4) is 28.1 Å². The molecule has 0 spiro atoms. The summed E-state index contributed by atoms with van der Waals surface area (Å²) >= 11 is 6.17. The highest BCUT2D eigenvalue weighted by Gasteiger charge is 2.18. The van der Waals surface area contributed by atoms with Crippen molar-refractivity contribution < 1.29 is 4.42 Å². The molecule has 0 atom stereocenters. The van der Waals surface area contributed by atoms with E-state index >= 15 is 0 Å². The third-order valence-corrected chi connectivity index (χ3v) is 6.95. The fourth-order valence-corrected chi connectivity index (χ4v) is 5.24. The van der Waals surface area contributed by atoms with Crippen molar-refractivity contribution in [3.63, 3.8) is 0 Å². The van der Waals surface area contributed by atoms with Crippen LogP contribution < -0.4 is 0 Å². The standard InChI is InChI=1S/C32H20ClNO/c33-23-17-13-21(14-18-23)31-27-9-3-6-12-30(27)35-32(31)22-15-19-24(20-16-22)34-28-10-4-1-7-25(28)26-8-2-5-11-29(26)34/h1-20H. The molecule has 0 aliphatic carbocycles. The SMILES string of the molecule is Clc1ccc(-c2c(-c3ccc(-n4c5ccccc5c5ccccc54)cc3)oc3ccccc23)cc1. The monoisotopic (exact) mass is 469 g/mol. The molecule has 2 nitrogen and oxygen atoms in total. The molecule has 7 aromatic rings. The number of para-hydroxylation sites is 3. The predicted molar refractivity (Wildman–Crippen MR) is 146 cm³/mol. The Morgan fingerprint density at radius 2 is 1.06 bits per heavy atom. The van der Waals surface area contributed by atoms with Gasteiger partial charge in [0.2, 0.25) is 0 Å². The number of furan rings is 1. The van der Waals surface area contributed by atoms with Crippen LogP contribution >= 0.6 is 11.6 Å². The molecule has 5 aromatic carbocycles.